The number of rotatable bonds is 4. The summed E-state index contributed by atoms with van der Waals surface area (Å²) < 4.78 is 0. The Balaban J connectivity index is 2.08. The normalized spacial score (nSPS) is 18.8. The Labute approximate surface area is 116 Å². The van der Waals surface area contributed by atoms with Crippen molar-refractivity contribution >= 4 is 0 Å². The number of β-amino-alcohol motifs (C(OH)–C–C–N with tert-alkyl or cyclic N) is 1. The monoisotopic (exact) mass is 262 g/mol. The molecule has 106 valence electrons. The summed E-state index contributed by atoms with van der Waals surface area (Å²) in [6.07, 6.45) is -0.378. The number of aryl methyl sites for hydroxylation is 1. The molecule has 0 bridgehead atoms. The molecule has 1 saturated heterocycles. The quantitative estimate of drug-likeness (QED) is 0.872. The van der Waals surface area contributed by atoms with E-state index >= 15 is 0 Å². The van der Waals surface area contributed by atoms with Crippen molar-refractivity contribution in [3.05, 3.63) is 34.9 Å². The molecule has 1 heterocycles. The number of aliphatic hydroxyl groups excluding tert-OH is 1. The zero-order chi connectivity index (χ0) is 13.8. The van der Waals surface area contributed by atoms with Crippen molar-refractivity contribution in [2.24, 2.45) is 0 Å². The lowest BCUT2D eigenvalue weighted by Crippen LogP contribution is -2.45. The van der Waals surface area contributed by atoms with Crippen LogP contribution in [0.3, 0.4) is 0 Å². The van der Waals surface area contributed by atoms with E-state index in [0.717, 1.165) is 38.3 Å². The van der Waals surface area contributed by atoms with E-state index in [0.29, 0.717) is 5.92 Å². The van der Waals surface area contributed by atoms with Gasteiger partial charge < -0.3 is 10.4 Å². The van der Waals surface area contributed by atoms with Crippen molar-refractivity contribution in [3.8, 4) is 0 Å². The van der Waals surface area contributed by atoms with Gasteiger partial charge in [0.15, 0.2) is 0 Å². The third-order valence-corrected chi connectivity index (χ3v) is 3.97. The second kappa shape index (κ2) is 6.51. The molecule has 1 atom stereocenters. The van der Waals surface area contributed by atoms with Gasteiger partial charge in [0, 0.05) is 32.7 Å². The Kier molecular flexibility index (Phi) is 4.97. The highest BCUT2D eigenvalue weighted by molar-refractivity contribution is 5.34. The summed E-state index contributed by atoms with van der Waals surface area (Å²) >= 11 is 0. The van der Waals surface area contributed by atoms with Gasteiger partial charge in [0.25, 0.3) is 0 Å². The van der Waals surface area contributed by atoms with E-state index in [1.807, 2.05) is 0 Å². The van der Waals surface area contributed by atoms with Crippen LogP contribution in [0.1, 0.15) is 42.6 Å². The predicted octanol–water partition coefficient (Wildman–Crippen LogP) is 2.06. The Morgan fingerprint density at radius 1 is 1.26 bits per heavy atom. The number of piperazine rings is 1. The van der Waals surface area contributed by atoms with Crippen molar-refractivity contribution in [1.82, 2.24) is 10.2 Å². The van der Waals surface area contributed by atoms with Crippen LogP contribution in [0.15, 0.2) is 18.2 Å². The van der Waals surface area contributed by atoms with E-state index in [4.69, 9.17) is 0 Å². The van der Waals surface area contributed by atoms with Gasteiger partial charge in [-0.25, -0.2) is 0 Å². The van der Waals surface area contributed by atoms with Gasteiger partial charge in [0.05, 0.1) is 6.10 Å². The van der Waals surface area contributed by atoms with Crippen molar-refractivity contribution in [3.63, 3.8) is 0 Å². The van der Waals surface area contributed by atoms with Crippen LogP contribution in [0.2, 0.25) is 0 Å². The van der Waals surface area contributed by atoms with E-state index in [9.17, 15) is 5.11 Å². The molecule has 3 nitrogen and oxygen atoms in total. The van der Waals surface area contributed by atoms with Gasteiger partial charge in [-0.3, -0.25) is 4.90 Å². The van der Waals surface area contributed by atoms with Gasteiger partial charge >= 0.3 is 0 Å². The van der Waals surface area contributed by atoms with Gasteiger partial charge in [0.1, 0.15) is 0 Å². The molecular formula is C16H26N2O. The molecule has 19 heavy (non-hydrogen) atoms. The summed E-state index contributed by atoms with van der Waals surface area (Å²) in [5, 5.41) is 13.8. The van der Waals surface area contributed by atoms with Crippen LogP contribution in [0.25, 0.3) is 0 Å². The smallest absolute Gasteiger partial charge is 0.0919 e. The van der Waals surface area contributed by atoms with E-state index in [1.165, 1.54) is 11.1 Å². The highest BCUT2D eigenvalue weighted by Gasteiger charge is 2.17. The largest absolute Gasteiger partial charge is 0.387 e. The third-order valence-electron chi connectivity index (χ3n) is 3.97. The standard InChI is InChI=1S/C16H26N2O/c1-12(2)14-5-4-13(3)15(10-14)16(19)11-18-8-6-17-7-9-18/h4-5,10,12,16-17,19H,6-9,11H2,1-3H3. The maximum Gasteiger partial charge on any atom is 0.0919 e. The number of hydrogen-bond donors (Lipinski definition) is 2. The van der Waals surface area contributed by atoms with Gasteiger partial charge in [-0.2, -0.15) is 0 Å². The summed E-state index contributed by atoms with van der Waals surface area (Å²) in [5.74, 6) is 0.505. The Hall–Kier alpha value is -0.900. The number of nitrogens with one attached hydrogen (secondary N) is 1. The molecule has 3 heteroatoms. The van der Waals surface area contributed by atoms with Gasteiger partial charge in [-0.05, 0) is 29.5 Å². The van der Waals surface area contributed by atoms with Crippen LogP contribution in [-0.4, -0.2) is 42.7 Å². The number of aliphatic hydroxyl groups is 1. The molecule has 1 unspecified atom stereocenters. The summed E-state index contributed by atoms with van der Waals surface area (Å²) in [7, 11) is 0. The molecule has 2 rings (SSSR count). The lowest BCUT2D eigenvalue weighted by atomic mass is 9.95. The fourth-order valence-electron chi connectivity index (χ4n) is 2.61. The fourth-order valence-corrected chi connectivity index (χ4v) is 2.61. The van der Waals surface area contributed by atoms with Crippen LogP contribution in [-0.2, 0) is 0 Å². The fraction of sp³-hybridized carbons (Fsp3) is 0.625. The molecule has 1 aliphatic heterocycles. The average molecular weight is 262 g/mol. The van der Waals surface area contributed by atoms with Gasteiger partial charge in [-0.1, -0.05) is 32.0 Å². The molecule has 0 aliphatic carbocycles. The second-order valence-corrected chi connectivity index (χ2v) is 5.84. The van der Waals surface area contributed by atoms with Crippen molar-refractivity contribution in [1.29, 1.82) is 0 Å². The Bertz CT molecular complexity index is 411. The highest BCUT2D eigenvalue weighted by Crippen LogP contribution is 2.24. The van der Waals surface area contributed by atoms with Crippen molar-refractivity contribution < 1.29 is 5.11 Å². The Morgan fingerprint density at radius 3 is 2.58 bits per heavy atom. The zero-order valence-corrected chi connectivity index (χ0v) is 12.3. The lowest BCUT2D eigenvalue weighted by Gasteiger charge is -2.29. The summed E-state index contributed by atoms with van der Waals surface area (Å²) in [4.78, 5) is 2.34. The average Bonchev–Trinajstić information content (AvgIpc) is 2.40. The Morgan fingerprint density at radius 2 is 1.95 bits per heavy atom. The third kappa shape index (κ3) is 3.78. The van der Waals surface area contributed by atoms with Crippen LogP contribution in [0.4, 0.5) is 0 Å². The van der Waals surface area contributed by atoms with E-state index in [1.54, 1.807) is 0 Å². The number of hydrogen-bond acceptors (Lipinski definition) is 3. The minimum absolute atomic E-state index is 0.378. The maximum absolute atomic E-state index is 10.5. The molecule has 0 aromatic heterocycles. The van der Waals surface area contributed by atoms with E-state index in [2.05, 4.69) is 49.2 Å². The topological polar surface area (TPSA) is 35.5 Å². The van der Waals surface area contributed by atoms with Crippen LogP contribution in [0.5, 0.6) is 0 Å². The highest BCUT2D eigenvalue weighted by atomic mass is 16.3. The maximum atomic E-state index is 10.5. The lowest BCUT2D eigenvalue weighted by molar-refractivity contribution is 0.105. The molecule has 0 saturated carbocycles. The first-order chi connectivity index (χ1) is 9.08. The minimum atomic E-state index is -0.378. The van der Waals surface area contributed by atoms with E-state index in [-0.39, 0.29) is 6.10 Å². The number of benzene rings is 1. The first-order valence-electron chi connectivity index (χ1n) is 7.29. The van der Waals surface area contributed by atoms with Crippen molar-refractivity contribution in [2.45, 2.75) is 32.8 Å². The molecule has 1 aromatic carbocycles. The predicted molar refractivity (Wildman–Crippen MR) is 79.5 cm³/mol. The SMILES string of the molecule is Cc1ccc(C(C)C)cc1C(O)CN1CCNCC1. The first-order valence-corrected chi connectivity index (χ1v) is 7.29. The summed E-state index contributed by atoms with van der Waals surface area (Å²) in [6, 6.07) is 6.47. The van der Waals surface area contributed by atoms with Crippen LogP contribution in [0, 0.1) is 6.92 Å². The summed E-state index contributed by atoms with van der Waals surface area (Å²) in [6.45, 7) is 11.3. The number of nitrogens with zero attached hydrogens (tertiary/aromatic N) is 1. The zero-order valence-electron chi connectivity index (χ0n) is 12.3. The molecule has 1 aliphatic rings. The molecule has 0 radical (unpaired) electrons. The van der Waals surface area contributed by atoms with Gasteiger partial charge in [-0.15, -0.1) is 0 Å². The molecule has 2 N–H and O–H groups in total. The molecular weight excluding hydrogens is 236 g/mol. The van der Waals surface area contributed by atoms with Gasteiger partial charge in [0.2, 0.25) is 0 Å². The first kappa shape index (κ1) is 14.5. The molecule has 1 aromatic rings. The molecule has 1 fully saturated rings. The van der Waals surface area contributed by atoms with Crippen LogP contribution >= 0.6 is 0 Å². The second-order valence-electron chi connectivity index (χ2n) is 5.84. The molecule has 0 spiro atoms. The summed E-state index contributed by atoms with van der Waals surface area (Å²) in [5.41, 5.74) is 3.58. The van der Waals surface area contributed by atoms with E-state index < -0.39 is 0 Å². The van der Waals surface area contributed by atoms with Crippen molar-refractivity contribution in [2.75, 3.05) is 32.7 Å². The molecule has 0 amide bonds. The minimum Gasteiger partial charge on any atom is -0.387 e. The van der Waals surface area contributed by atoms with Crippen LogP contribution < -0.4 is 5.32 Å².